The first-order valence-electron chi connectivity index (χ1n) is 5.09. The summed E-state index contributed by atoms with van der Waals surface area (Å²) in [5.41, 5.74) is 0. The van der Waals surface area contributed by atoms with Crippen molar-refractivity contribution < 1.29 is 9.53 Å². The normalized spacial score (nSPS) is 18.2. The van der Waals surface area contributed by atoms with Crippen molar-refractivity contribution in [1.29, 1.82) is 0 Å². The van der Waals surface area contributed by atoms with Crippen molar-refractivity contribution in [3.63, 3.8) is 0 Å². The number of carbonyl (C=O) groups excluding carboxylic acids is 1. The number of hydrogen-bond acceptors (Lipinski definition) is 2. The van der Waals surface area contributed by atoms with Crippen LogP contribution in [0.4, 0.5) is 0 Å². The second-order valence-electron chi connectivity index (χ2n) is 3.61. The molecule has 0 radical (unpaired) electrons. The van der Waals surface area contributed by atoms with Gasteiger partial charge in [-0.25, -0.2) is 0 Å². The lowest BCUT2D eigenvalue weighted by Crippen LogP contribution is -2.09. The SMILES string of the molecule is C/C=C/COC(=O)CC1CCCC1. The molecule has 0 N–H and O–H groups in total. The van der Waals surface area contributed by atoms with E-state index in [1.165, 1.54) is 25.7 Å². The first-order chi connectivity index (χ1) is 6.33. The third-order valence-electron chi connectivity index (χ3n) is 2.51. The lowest BCUT2D eigenvalue weighted by Gasteiger charge is -2.07. The average molecular weight is 182 g/mol. The highest BCUT2D eigenvalue weighted by Gasteiger charge is 2.18. The van der Waals surface area contributed by atoms with Crippen molar-refractivity contribution in [1.82, 2.24) is 0 Å². The number of hydrogen-bond donors (Lipinski definition) is 0. The van der Waals surface area contributed by atoms with Crippen molar-refractivity contribution in [3.8, 4) is 0 Å². The maximum atomic E-state index is 11.2. The highest BCUT2D eigenvalue weighted by Crippen LogP contribution is 2.27. The highest BCUT2D eigenvalue weighted by atomic mass is 16.5. The second-order valence-corrected chi connectivity index (χ2v) is 3.61. The van der Waals surface area contributed by atoms with Crippen LogP contribution in [0.1, 0.15) is 39.0 Å². The molecule has 0 amide bonds. The molecule has 0 aromatic heterocycles. The molecule has 0 spiro atoms. The van der Waals surface area contributed by atoms with Crippen LogP contribution in [-0.2, 0) is 9.53 Å². The van der Waals surface area contributed by atoms with Gasteiger partial charge in [0, 0.05) is 6.42 Å². The number of esters is 1. The van der Waals surface area contributed by atoms with E-state index in [0.717, 1.165) is 0 Å². The van der Waals surface area contributed by atoms with Gasteiger partial charge in [0.05, 0.1) is 0 Å². The zero-order valence-electron chi connectivity index (χ0n) is 8.29. The molecule has 2 nitrogen and oxygen atoms in total. The summed E-state index contributed by atoms with van der Waals surface area (Å²) < 4.78 is 5.02. The fourth-order valence-electron chi connectivity index (χ4n) is 1.75. The molecule has 1 fully saturated rings. The van der Waals surface area contributed by atoms with Crippen molar-refractivity contribution in [3.05, 3.63) is 12.2 Å². The van der Waals surface area contributed by atoms with Crippen molar-refractivity contribution in [2.45, 2.75) is 39.0 Å². The number of rotatable bonds is 4. The van der Waals surface area contributed by atoms with Gasteiger partial charge in [0.15, 0.2) is 0 Å². The molecule has 0 bridgehead atoms. The molecule has 0 aliphatic heterocycles. The lowest BCUT2D eigenvalue weighted by atomic mass is 10.1. The number of allylic oxidation sites excluding steroid dienone is 1. The number of carbonyl (C=O) groups is 1. The summed E-state index contributed by atoms with van der Waals surface area (Å²) in [7, 11) is 0. The molecule has 0 atom stereocenters. The van der Waals surface area contributed by atoms with Gasteiger partial charge >= 0.3 is 5.97 Å². The van der Waals surface area contributed by atoms with Crippen molar-refractivity contribution in [2.75, 3.05) is 6.61 Å². The van der Waals surface area contributed by atoms with E-state index in [9.17, 15) is 4.79 Å². The van der Waals surface area contributed by atoms with Crippen LogP contribution in [0, 0.1) is 5.92 Å². The van der Waals surface area contributed by atoms with E-state index in [-0.39, 0.29) is 5.97 Å². The molecular weight excluding hydrogens is 164 g/mol. The molecular formula is C11H18O2. The minimum atomic E-state index is -0.0370. The van der Waals surface area contributed by atoms with E-state index in [1.54, 1.807) is 0 Å². The first kappa shape index (κ1) is 10.3. The van der Waals surface area contributed by atoms with E-state index in [0.29, 0.717) is 18.9 Å². The van der Waals surface area contributed by atoms with E-state index in [2.05, 4.69) is 0 Å². The molecule has 13 heavy (non-hydrogen) atoms. The van der Waals surface area contributed by atoms with Crippen LogP contribution in [0.5, 0.6) is 0 Å². The Morgan fingerprint density at radius 3 is 2.77 bits per heavy atom. The van der Waals surface area contributed by atoms with Gasteiger partial charge in [-0.15, -0.1) is 0 Å². The van der Waals surface area contributed by atoms with Crippen LogP contribution >= 0.6 is 0 Å². The molecule has 0 aromatic rings. The summed E-state index contributed by atoms with van der Waals surface area (Å²) in [5.74, 6) is 0.558. The Kier molecular flexibility index (Phi) is 4.58. The topological polar surface area (TPSA) is 26.3 Å². The maximum Gasteiger partial charge on any atom is 0.306 e. The Labute approximate surface area is 80.0 Å². The molecule has 0 heterocycles. The minimum absolute atomic E-state index is 0.0370. The molecule has 1 rings (SSSR count). The van der Waals surface area contributed by atoms with Crippen molar-refractivity contribution in [2.24, 2.45) is 5.92 Å². The fourth-order valence-corrected chi connectivity index (χ4v) is 1.75. The predicted molar refractivity (Wildman–Crippen MR) is 52.3 cm³/mol. The average Bonchev–Trinajstić information content (AvgIpc) is 2.57. The van der Waals surface area contributed by atoms with Gasteiger partial charge in [0.2, 0.25) is 0 Å². The summed E-state index contributed by atoms with van der Waals surface area (Å²) in [5, 5.41) is 0. The summed E-state index contributed by atoms with van der Waals surface area (Å²) in [6.45, 7) is 2.35. The van der Waals surface area contributed by atoms with E-state index in [4.69, 9.17) is 4.74 Å². The van der Waals surface area contributed by atoms with Crippen LogP contribution in [0.15, 0.2) is 12.2 Å². The lowest BCUT2D eigenvalue weighted by molar-refractivity contribution is -0.143. The van der Waals surface area contributed by atoms with Crippen LogP contribution in [0.3, 0.4) is 0 Å². The Hall–Kier alpha value is -0.790. The quantitative estimate of drug-likeness (QED) is 0.493. The summed E-state index contributed by atoms with van der Waals surface area (Å²) in [4.78, 5) is 11.2. The van der Waals surface area contributed by atoms with E-state index < -0.39 is 0 Å². The Morgan fingerprint density at radius 2 is 2.15 bits per heavy atom. The Morgan fingerprint density at radius 1 is 1.46 bits per heavy atom. The van der Waals surface area contributed by atoms with Gasteiger partial charge in [0.1, 0.15) is 6.61 Å². The fraction of sp³-hybridized carbons (Fsp3) is 0.727. The summed E-state index contributed by atoms with van der Waals surface area (Å²) in [6.07, 6.45) is 9.35. The molecule has 1 aliphatic carbocycles. The van der Waals surface area contributed by atoms with Gasteiger partial charge in [-0.05, 0) is 25.7 Å². The summed E-state index contributed by atoms with van der Waals surface area (Å²) in [6, 6.07) is 0. The van der Waals surface area contributed by atoms with Crippen LogP contribution in [0.25, 0.3) is 0 Å². The van der Waals surface area contributed by atoms with Gasteiger partial charge in [-0.1, -0.05) is 25.0 Å². The minimum Gasteiger partial charge on any atom is -0.461 e. The van der Waals surface area contributed by atoms with Crippen molar-refractivity contribution >= 4 is 5.97 Å². The molecule has 0 saturated heterocycles. The van der Waals surface area contributed by atoms with Gasteiger partial charge in [-0.3, -0.25) is 4.79 Å². The number of ether oxygens (including phenoxy) is 1. The van der Waals surface area contributed by atoms with Gasteiger partial charge in [-0.2, -0.15) is 0 Å². The van der Waals surface area contributed by atoms with Gasteiger partial charge < -0.3 is 4.74 Å². The smallest absolute Gasteiger partial charge is 0.306 e. The second kappa shape index (κ2) is 5.79. The molecule has 2 heteroatoms. The monoisotopic (exact) mass is 182 g/mol. The zero-order chi connectivity index (χ0) is 9.52. The molecule has 0 aromatic carbocycles. The Bertz CT molecular complexity index is 179. The molecule has 1 aliphatic rings. The third kappa shape index (κ3) is 4.11. The molecule has 74 valence electrons. The van der Waals surface area contributed by atoms with E-state index in [1.807, 2.05) is 19.1 Å². The highest BCUT2D eigenvalue weighted by molar-refractivity contribution is 5.69. The summed E-state index contributed by atoms with van der Waals surface area (Å²) >= 11 is 0. The predicted octanol–water partition coefficient (Wildman–Crippen LogP) is 2.69. The largest absolute Gasteiger partial charge is 0.461 e. The molecule has 0 unspecified atom stereocenters. The maximum absolute atomic E-state index is 11.2. The van der Waals surface area contributed by atoms with Crippen LogP contribution < -0.4 is 0 Å². The zero-order valence-corrected chi connectivity index (χ0v) is 8.29. The third-order valence-corrected chi connectivity index (χ3v) is 2.51. The van der Waals surface area contributed by atoms with E-state index >= 15 is 0 Å². The first-order valence-corrected chi connectivity index (χ1v) is 5.09. The molecule has 1 saturated carbocycles. The standard InChI is InChI=1S/C11H18O2/c1-2-3-8-13-11(12)9-10-6-4-5-7-10/h2-3,10H,4-9H2,1H3/b3-2+. The van der Waals surface area contributed by atoms with Crippen LogP contribution in [0.2, 0.25) is 0 Å². The van der Waals surface area contributed by atoms with Gasteiger partial charge in [0.25, 0.3) is 0 Å². The Balaban J connectivity index is 2.09. The van der Waals surface area contributed by atoms with Crippen LogP contribution in [-0.4, -0.2) is 12.6 Å².